The van der Waals surface area contributed by atoms with Crippen LogP contribution in [0, 0.1) is 0 Å². The van der Waals surface area contributed by atoms with Crippen LogP contribution in [0.15, 0.2) is 6.20 Å². The first kappa shape index (κ1) is 13.5. The zero-order chi connectivity index (χ0) is 13.7. The largest absolute Gasteiger partial charge is 0.467 e. The molecule has 0 radical (unpaired) electrons. The Kier molecular flexibility index (Phi) is 4.45. The van der Waals surface area contributed by atoms with Gasteiger partial charge in [-0.1, -0.05) is 6.92 Å². The van der Waals surface area contributed by atoms with Crippen molar-refractivity contribution < 1.29 is 9.47 Å². The summed E-state index contributed by atoms with van der Waals surface area (Å²) in [5.74, 6) is 0.400. The molecular weight excluding hydrogens is 266 g/mol. The number of ether oxygens (including phenoxy) is 2. The number of nitrogens with zero attached hydrogens (tertiary/aromatic N) is 4. The molecule has 0 atom stereocenters. The van der Waals surface area contributed by atoms with Gasteiger partial charge in [0.25, 0.3) is 0 Å². The second kappa shape index (κ2) is 6.28. The maximum Gasteiger partial charge on any atom is 0.324 e. The van der Waals surface area contributed by atoms with E-state index in [1.54, 1.807) is 11.3 Å². The van der Waals surface area contributed by atoms with Gasteiger partial charge >= 0.3 is 12.0 Å². The van der Waals surface area contributed by atoms with Crippen LogP contribution in [0.25, 0.3) is 0 Å². The molecule has 1 N–H and O–H groups in total. The third kappa shape index (κ3) is 3.50. The van der Waals surface area contributed by atoms with Gasteiger partial charge in [-0.3, -0.25) is 0 Å². The molecule has 0 amide bonds. The lowest BCUT2D eigenvalue weighted by Crippen LogP contribution is -2.07. The van der Waals surface area contributed by atoms with E-state index in [0.29, 0.717) is 12.5 Å². The van der Waals surface area contributed by atoms with Gasteiger partial charge in [-0.25, -0.2) is 4.98 Å². The number of hydrogen-bond donors (Lipinski definition) is 1. The van der Waals surface area contributed by atoms with E-state index in [9.17, 15) is 0 Å². The second-order valence-corrected chi connectivity index (χ2v) is 4.76. The Hall–Kier alpha value is -1.96. The number of methoxy groups -OCH3 is 2. The Balaban J connectivity index is 2.05. The molecule has 2 heterocycles. The van der Waals surface area contributed by atoms with E-state index in [4.69, 9.17) is 9.47 Å². The van der Waals surface area contributed by atoms with Gasteiger partial charge in [0.15, 0.2) is 0 Å². The molecule has 0 aliphatic heterocycles. The summed E-state index contributed by atoms with van der Waals surface area (Å²) in [5.41, 5.74) is 0. The Morgan fingerprint density at radius 3 is 2.37 bits per heavy atom. The summed E-state index contributed by atoms with van der Waals surface area (Å²) in [6, 6.07) is 0.422. The lowest BCUT2D eigenvalue weighted by atomic mass is 10.4. The van der Waals surface area contributed by atoms with Crippen molar-refractivity contribution in [1.29, 1.82) is 0 Å². The summed E-state index contributed by atoms with van der Waals surface area (Å²) in [7, 11) is 2.99. The highest BCUT2D eigenvalue weighted by Crippen LogP contribution is 2.16. The van der Waals surface area contributed by atoms with Gasteiger partial charge < -0.3 is 14.8 Å². The van der Waals surface area contributed by atoms with Crippen LogP contribution in [0.4, 0.5) is 5.95 Å². The number of aryl methyl sites for hydroxylation is 1. The fraction of sp³-hybridized carbons (Fsp3) is 0.455. The highest BCUT2D eigenvalue weighted by Gasteiger charge is 2.07. The predicted molar refractivity (Wildman–Crippen MR) is 71.7 cm³/mol. The average Bonchev–Trinajstić information content (AvgIpc) is 2.92. The summed E-state index contributed by atoms with van der Waals surface area (Å²) in [4.78, 5) is 17.7. The van der Waals surface area contributed by atoms with Crippen LogP contribution in [-0.2, 0) is 13.0 Å². The average molecular weight is 281 g/mol. The molecule has 0 saturated carbocycles. The van der Waals surface area contributed by atoms with Crippen LogP contribution in [0.5, 0.6) is 12.0 Å². The zero-order valence-corrected chi connectivity index (χ0v) is 11.8. The molecule has 2 aromatic rings. The van der Waals surface area contributed by atoms with Crippen LogP contribution in [0.3, 0.4) is 0 Å². The van der Waals surface area contributed by atoms with Gasteiger partial charge in [-0.05, 0) is 6.42 Å². The van der Waals surface area contributed by atoms with Crippen LogP contribution in [-0.4, -0.2) is 34.2 Å². The lowest BCUT2D eigenvalue weighted by Gasteiger charge is -2.05. The molecule has 2 rings (SSSR count). The van der Waals surface area contributed by atoms with Crippen molar-refractivity contribution in [2.75, 3.05) is 19.5 Å². The fourth-order valence-corrected chi connectivity index (χ4v) is 2.15. The minimum atomic E-state index is 0.211. The van der Waals surface area contributed by atoms with E-state index in [2.05, 4.69) is 32.2 Å². The molecule has 2 aromatic heterocycles. The zero-order valence-electron chi connectivity index (χ0n) is 11.0. The second-order valence-electron chi connectivity index (χ2n) is 3.56. The molecule has 0 bridgehead atoms. The standard InChI is InChI=1S/C11H15N5O2S/c1-4-7-5-12-8(19-7)6-13-9-14-10(17-2)16-11(15-9)18-3/h5H,4,6H2,1-3H3,(H,13,14,15,16). The molecule has 0 aromatic carbocycles. The van der Waals surface area contributed by atoms with Gasteiger partial charge in [0.05, 0.1) is 20.8 Å². The minimum absolute atomic E-state index is 0.211. The third-order valence-corrected chi connectivity index (χ3v) is 3.45. The maximum absolute atomic E-state index is 4.98. The van der Waals surface area contributed by atoms with Gasteiger partial charge in [0.1, 0.15) is 5.01 Å². The maximum atomic E-state index is 4.98. The Bertz CT molecular complexity index is 523. The molecular formula is C11H15N5O2S. The normalized spacial score (nSPS) is 10.3. The molecule has 0 saturated heterocycles. The molecule has 0 aliphatic rings. The Labute approximate surface area is 115 Å². The van der Waals surface area contributed by atoms with Crippen molar-refractivity contribution in [3.8, 4) is 12.0 Å². The minimum Gasteiger partial charge on any atom is -0.467 e. The highest BCUT2D eigenvalue weighted by atomic mass is 32.1. The fourth-order valence-electron chi connectivity index (χ4n) is 1.35. The predicted octanol–water partition coefficient (Wildman–Crippen LogP) is 1.52. The van der Waals surface area contributed by atoms with Crippen molar-refractivity contribution in [3.05, 3.63) is 16.1 Å². The summed E-state index contributed by atoms with van der Waals surface area (Å²) in [6.07, 6.45) is 2.88. The highest BCUT2D eigenvalue weighted by molar-refractivity contribution is 7.11. The molecule has 0 aliphatic carbocycles. The van der Waals surface area contributed by atoms with Gasteiger partial charge in [0.2, 0.25) is 5.95 Å². The summed E-state index contributed by atoms with van der Waals surface area (Å²) < 4.78 is 9.95. The molecule has 19 heavy (non-hydrogen) atoms. The van der Waals surface area contributed by atoms with E-state index in [0.717, 1.165) is 11.4 Å². The van der Waals surface area contributed by atoms with Gasteiger partial charge in [0, 0.05) is 11.1 Å². The molecule has 102 valence electrons. The Morgan fingerprint density at radius 2 is 1.84 bits per heavy atom. The van der Waals surface area contributed by atoms with Crippen LogP contribution < -0.4 is 14.8 Å². The van der Waals surface area contributed by atoms with E-state index >= 15 is 0 Å². The molecule has 0 spiro atoms. The molecule has 0 fully saturated rings. The number of anilines is 1. The molecule has 7 nitrogen and oxygen atoms in total. The van der Waals surface area contributed by atoms with Crippen molar-refractivity contribution in [1.82, 2.24) is 19.9 Å². The van der Waals surface area contributed by atoms with Crippen molar-refractivity contribution in [2.24, 2.45) is 0 Å². The summed E-state index contributed by atoms with van der Waals surface area (Å²) >= 11 is 1.66. The van der Waals surface area contributed by atoms with Crippen molar-refractivity contribution in [3.63, 3.8) is 0 Å². The van der Waals surface area contributed by atoms with Crippen LogP contribution >= 0.6 is 11.3 Å². The van der Waals surface area contributed by atoms with Gasteiger partial charge in [-0.15, -0.1) is 16.3 Å². The van der Waals surface area contributed by atoms with E-state index < -0.39 is 0 Å². The van der Waals surface area contributed by atoms with E-state index in [1.807, 2.05) is 6.20 Å². The van der Waals surface area contributed by atoms with Crippen molar-refractivity contribution in [2.45, 2.75) is 19.9 Å². The van der Waals surface area contributed by atoms with E-state index in [1.165, 1.54) is 19.1 Å². The van der Waals surface area contributed by atoms with Crippen LogP contribution in [0.2, 0.25) is 0 Å². The first-order chi connectivity index (χ1) is 9.25. The first-order valence-electron chi connectivity index (χ1n) is 5.76. The molecule has 8 heteroatoms. The lowest BCUT2D eigenvalue weighted by molar-refractivity contribution is 0.341. The van der Waals surface area contributed by atoms with Crippen molar-refractivity contribution >= 4 is 17.3 Å². The van der Waals surface area contributed by atoms with Gasteiger partial charge in [-0.2, -0.15) is 9.97 Å². The topological polar surface area (TPSA) is 82.1 Å². The quantitative estimate of drug-likeness (QED) is 0.859. The number of thiazole rings is 1. The SMILES string of the molecule is CCc1cnc(CNc2nc(OC)nc(OC)n2)s1. The smallest absolute Gasteiger partial charge is 0.324 e. The molecule has 0 unspecified atom stereocenters. The monoisotopic (exact) mass is 281 g/mol. The first-order valence-corrected chi connectivity index (χ1v) is 6.58. The number of nitrogens with one attached hydrogen (secondary N) is 1. The number of rotatable bonds is 6. The third-order valence-electron chi connectivity index (χ3n) is 2.31. The Morgan fingerprint density at radius 1 is 1.16 bits per heavy atom. The summed E-state index contributed by atoms with van der Waals surface area (Å²) in [5, 5.41) is 4.06. The van der Waals surface area contributed by atoms with E-state index in [-0.39, 0.29) is 12.0 Å². The summed E-state index contributed by atoms with van der Waals surface area (Å²) in [6.45, 7) is 2.66. The van der Waals surface area contributed by atoms with Crippen LogP contribution in [0.1, 0.15) is 16.8 Å². The number of hydrogen-bond acceptors (Lipinski definition) is 8. The number of aromatic nitrogens is 4.